The Morgan fingerprint density at radius 2 is 1.83 bits per heavy atom. The lowest BCUT2D eigenvalue weighted by Gasteiger charge is -2.14. The fourth-order valence-electron chi connectivity index (χ4n) is 2.23. The largest absolute Gasteiger partial charge is 0.503 e. The third kappa shape index (κ3) is 3.17. The fraction of sp³-hybridized carbons (Fsp3) is 0.250. The van der Waals surface area contributed by atoms with E-state index in [0.717, 1.165) is 0 Å². The minimum atomic E-state index is -0.744. The Hall–Kier alpha value is -2.47. The summed E-state index contributed by atoms with van der Waals surface area (Å²) in [6.07, 6.45) is 0. The highest BCUT2D eigenvalue weighted by molar-refractivity contribution is 6.30. The number of aromatic hydroxyl groups is 1. The first-order chi connectivity index (χ1) is 10.9. The van der Waals surface area contributed by atoms with Gasteiger partial charge in [0, 0.05) is 10.9 Å². The highest BCUT2D eigenvalue weighted by Gasteiger charge is 2.27. The number of rotatable bonds is 5. The van der Waals surface area contributed by atoms with Gasteiger partial charge in [0.25, 0.3) is 5.56 Å². The van der Waals surface area contributed by atoms with E-state index in [2.05, 4.69) is 4.98 Å². The predicted molar refractivity (Wildman–Crippen MR) is 86.0 cm³/mol. The minimum absolute atomic E-state index is 0.0503. The molecule has 0 aliphatic rings. The number of aromatic nitrogens is 1. The first-order valence-corrected chi connectivity index (χ1v) is 7.15. The van der Waals surface area contributed by atoms with Crippen LogP contribution in [0.3, 0.4) is 0 Å². The van der Waals surface area contributed by atoms with Gasteiger partial charge in [0.15, 0.2) is 11.5 Å². The van der Waals surface area contributed by atoms with E-state index >= 15 is 0 Å². The van der Waals surface area contributed by atoms with Crippen molar-refractivity contribution in [1.82, 2.24) is 4.98 Å². The molecular weight excluding hydrogens is 322 g/mol. The van der Waals surface area contributed by atoms with Crippen LogP contribution >= 0.6 is 11.6 Å². The minimum Gasteiger partial charge on any atom is -0.503 e. The molecule has 0 radical (unpaired) electrons. The summed E-state index contributed by atoms with van der Waals surface area (Å²) in [5, 5.41) is 10.8. The molecule has 2 aromatic rings. The summed E-state index contributed by atoms with van der Waals surface area (Å²) in [5.74, 6) is -1.87. The van der Waals surface area contributed by atoms with Gasteiger partial charge in [0.1, 0.15) is 5.56 Å². The number of aromatic amines is 1. The molecule has 0 aliphatic carbocycles. The smallest absolute Gasteiger partial charge is 0.265 e. The van der Waals surface area contributed by atoms with Crippen LogP contribution in [0.1, 0.15) is 28.8 Å². The Balaban J connectivity index is 2.51. The second-order valence-electron chi connectivity index (χ2n) is 4.88. The topological polar surface area (TPSA) is 88.6 Å². The number of carbonyl (C=O) groups excluding carboxylic acids is 1. The zero-order chi connectivity index (χ0) is 17.1. The van der Waals surface area contributed by atoms with E-state index in [1.165, 1.54) is 14.2 Å². The summed E-state index contributed by atoms with van der Waals surface area (Å²) in [4.78, 5) is 27.1. The number of nitrogens with one attached hydrogen (secondary N) is 1. The first-order valence-electron chi connectivity index (χ1n) is 6.77. The molecule has 0 aliphatic heterocycles. The number of carbonyl (C=O) groups is 1. The summed E-state index contributed by atoms with van der Waals surface area (Å²) in [7, 11) is 2.61. The molecule has 0 saturated carbocycles. The molecule has 1 atom stereocenters. The van der Waals surface area contributed by atoms with Crippen LogP contribution in [0.5, 0.6) is 17.4 Å². The van der Waals surface area contributed by atoms with E-state index in [-0.39, 0.29) is 17.2 Å². The Bertz CT molecular complexity index is 782. The zero-order valence-corrected chi connectivity index (χ0v) is 13.6. The summed E-state index contributed by atoms with van der Waals surface area (Å²) >= 11 is 5.83. The highest BCUT2D eigenvalue weighted by atomic mass is 35.5. The highest BCUT2D eigenvalue weighted by Crippen LogP contribution is 2.36. The number of hydrogen-bond acceptors (Lipinski definition) is 5. The maximum atomic E-state index is 12.6. The standard InChI is InChI=1S/C16H16ClNO5/c1-8(9-4-6-10(17)7-5-9)12(19)11-13(20)14(22-2)16(23-3)18-15(11)21/h4-8H,1-3H3,(H2,18,20,21). The van der Waals surface area contributed by atoms with Crippen molar-refractivity contribution < 1.29 is 19.4 Å². The number of methoxy groups -OCH3 is 2. The van der Waals surface area contributed by atoms with Gasteiger partial charge in [-0.25, -0.2) is 0 Å². The van der Waals surface area contributed by atoms with Crippen molar-refractivity contribution in [2.45, 2.75) is 12.8 Å². The van der Waals surface area contributed by atoms with Crippen molar-refractivity contribution in [3.8, 4) is 17.4 Å². The molecular formula is C16H16ClNO5. The SMILES string of the molecule is COc1[nH]c(=O)c(C(=O)C(C)c2ccc(Cl)cc2)c(O)c1OC. The number of halogens is 1. The lowest BCUT2D eigenvalue weighted by Crippen LogP contribution is -2.22. The number of H-pyrrole nitrogens is 1. The molecule has 1 aromatic carbocycles. The maximum Gasteiger partial charge on any atom is 0.265 e. The molecule has 1 heterocycles. The van der Waals surface area contributed by atoms with Gasteiger partial charge < -0.3 is 14.6 Å². The lowest BCUT2D eigenvalue weighted by atomic mass is 9.92. The van der Waals surface area contributed by atoms with Crippen molar-refractivity contribution in [2.75, 3.05) is 14.2 Å². The van der Waals surface area contributed by atoms with Gasteiger partial charge in [-0.3, -0.25) is 14.6 Å². The van der Waals surface area contributed by atoms with Crippen LogP contribution in [0, 0.1) is 0 Å². The van der Waals surface area contributed by atoms with Crippen molar-refractivity contribution in [1.29, 1.82) is 0 Å². The number of ketones is 1. The number of Topliss-reactive ketones (excluding diaryl/α,β-unsaturated/α-hetero) is 1. The average molecular weight is 338 g/mol. The molecule has 0 fully saturated rings. The van der Waals surface area contributed by atoms with Gasteiger partial charge in [-0.2, -0.15) is 0 Å². The van der Waals surface area contributed by atoms with Crippen molar-refractivity contribution in [2.24, 2.45) is 0 Å². The van der Waals surface area contributed by atoms with Crippen LogP contribution in [-0.4, -0.2) is 30.1 Å². The summed E-state index contributed by atoms with van der Waals surface area (Å²) in [6.45, 7) is 1.64. The van der Waals surface area contributed by atoms with Crippen molar-refractivity contribution in [3.05, 3.63) is 50.8 Å². The number of ether oxygens (including phenoxy) is 2. The zero-order valence-electron chi connectivity index (χ0n) is 12.8. The van der Waals surface area contributed by atoms with Crippen molar-refractivity contribution in [3.63, 3.8) is 0 Å². The molecule has 0 saturated heterocycles. The average Bonchev–Trinajstić information content (AvgIpc) is 2.54. The summed E-state index contributed by atoms with van der Waals surface area (Å²) in [6, 6.07) is 6.69. The van der Waals surface area contributed by atoms with E-state index < -0.39 is 23.0 Å². The molecule has 7 heteroatoms. The molecule has 0 amide bonds. The van der Waals surface area contributed by atoms with Crippen LogP contribution in [0.15, 0.2) is 29.1 Å². The molecule has 23 heavy (non-hydrogen) atoms. The van der Waals surface area contributed by atoms with Crippen LogP contribution < -0.4 is 15.0 Å². The van der Waals surface area contributed by atoms with Crippen molar-refractivity contribution >= 4 is 17.4 Å². The number of pyridine rings is 1. The molecule has 2 rings (SSSR count). The lowest BCUT2D eigenvalue weighted by molar-refractivity contribution is 0.0961. The van der Waals surface area contributed by atoms with Gasteiger partial charge in [0.2, 0.25) is 11.6 Å². The van der Waals surface area contributed by atoms with E-state index in [1.54, 1.807) is 31.2 Å². The summed E-state index contributed by atoms with van der Waals surface area (Å²) < 4.78 is 9.92. The number of benzene rings is 1. The normalized spacial score (nSPS) is 11.8. The fourth-order valence-corrected chi connectivity index (χ4v) is 2.36. The van der Waals surface area contributed by atoms with Gasteiger partial charge in [0.05, 0.1) is 14.2 Å². The van der Waals surface area contributed by atoms with Crippen LogP contribution in [0.4, 0.5) is 0 Å². The molecule has 2 N–H and O–H groups in total. The molecule has 1 unspecified atom stereocenters. The molecule has 0 bridgehead atoms. The molecule has 0 spiro atoms. The van der Waals surface area contributed by atoms with Crippen LogP contribution in [0.2, 0.25) is 5.02 Å². The second-order valence-corrected chi connectivity index (χ2v) is 5.32. The van der Waals surface area contributed by atoms with Gasteiger partial charge in [-0.1, -0.05) is 30.7 Å². The van der Waals surface area contributed by atoms with E-state index in [9.17, 15) is 14.7 Å². The van der Waals surface area contributed by atoms with Crippen LogP contribution in [-0.2, 0) is 0 Å². The molecule has 122 valence electrons. The second kappa shape index (κ2) is 6.75. The third-order valence-corrected chi connectivity index (χ3v) is 3.78. The Morgan fingerprint density at radius 1 is 1.22 bits per heavy atom. The first kappa shape index (κ1) is 16.9. The van der Waals surface area contributed by atoms with E-state index in [0.29, 0.717) is 10.6 Å². The quantitative estimate of drug-likeness (QED) is 0.819. The molecule has 1 aromatic heterocycles. The van der Waals surface area contributed by atoms with Gasteiger partial charge >= 0.3 is 0 Å². The Morgan fingerprint density at radius 3 is 2.35 bits per heavy atom. The third-order valence-electron chi connectivity index (χ3n) is 3.53. The summed E-state index contributed by atoms with van der Waals surface area (Å²) in [5.41, 5.74) is -0.441. The number of hydrogen-bond donors (Lipinski definition) is 2. The van der Waals surface area contributed by atoms with Gasteiger partial charge in [-0.15, -0.1) is 0 Å². The monoisotopic (exact) mass is 337 g/mol. The Kier molecular flexibility index (Phi) is 4.95. The Labute approximate surface area is 137 Å². The predicted octanol–water partition coefficient (Wildman–Crippen LogP) is 2.74. The maximum absolute atomic E-state index is 12.6. The van der Waals surface area contributed by atoms with Gasteiger partial charge in [-0.05, 0) is 17.7 Å². The molecule has 6 nitrogen and oxygen atoms in total. The van der Waals surface area contributed by atoms with E-state index in [1.807, 2.05) is 0 Å². The van der Waals surface area contributed by atoms with Crippen LogP contribution in [0.25, 0.3) is 0 Å². The van der Waals surface area contributed by atoms with E-state index in [4.69, 9.17) is 21.1 Å².